The van der Waals surface area contributed by atoms with E-state index < -0.39 is 29.5 Å². The van der Waals surface area contributed by atoms with Gasteiger partial charge in [0.05, 0.1) is 148 Å². The molecule has 4 N–H and O–H groups in total. The summed E-state index contributed by atoms with van der Waals surface area (Å²) in [7, 11) is 3.06. The van der Waals surface area contributed by atoms with E-state index in [0.29, 0.717) is 134 Å². The quantitative estimate of drug-likeness (QED) is 0.0303. The van der Waals surface area contributed by atoms with Gasteiger partial charge in [0.25, 0.3) is 0 Å². The third kappa shape index (κ3) is 19.5. The van der Waals surface area contributed by atoms with Crippen molar-refractivity contribution in [1.82, 2.24) is 35.3 Å². The molecule has 0 bridgehead atoms. The molecule has 0 aliphatic carbocycles. The molecule has 22 nitrogen and oxygen atoms in total. The van der Waals surface area contributed by atoms with Gasteiger partial charge in [-0.05, 0) is 42.0 Å². The molecule has 5 aromatic rings. The fraction of sp³-hybridized carbons (Fsp3) is 0.525. The number of thiazole rings is 1. The molecule has 86 heavy (non-hydrogen) atoms. The van der Waals surface area contributed by atoms with Crippen molar-refractivity contribution >= 4 is 80.4 Å². The number of halogens is 2. The number of piperazine rings is 1. The van der Waals surface area contributed by atoms with Crippen LogP contribution in [0, 0.1) is 23.7 Å². The number of aliphatic hydroxyl groups is 1. The molecule has 4 heterocycles. The number of nitrogens with one attached hydrogen (secondary N) is 3. The minimum atomic E-state index is -0.940. The van der Waals surface area contributed by atoms with Crippen molar-refractivity contribution in [2.24, 2.45) is 5.41 Å². The van der Waals surface area contributed by atoms with Crippen LogP contribution in [0.2, 0.25) is 10.0 Å². The van der Waals surface area contributed by atoms with E-state index in [1.165, 1.54) is 18.2 Å². The maximum absolute atomic E-state index is 14.0. The van der Waals surface area contributed by atoms with Crippen LogP contribution in [-0.4, -0.2) is 198 Å². The minimum absolute atomic E-state index is 0.0137. The van der Waals surface area contributed by atoms with Crippen molar-refractivity contribution in [1.29, 1.82) is 5.26 Å². The number of anilines is 2. The third-order valence-electron chi connectivity index (χ3n) is 14.5. The second kappa shape index (κ2) is 33.6. The largest absolute Gasteiger partial charge is 0.495 e. The maximum Gasteiger partial charge on any atom is 0.246 e. The van der Waals surface area contributed by atoms with Gasteiger partial charge in [-0.25, -0.2) is 4.98 Å². The number of nitrogens with zero attached hydrogens (tertiary/aromatic N) is 6. The van der Waals surface area contributed by atoms with E-state index >= 15 is 0 Å². The van der Waals surface area contributed by atoms with E-state index in [0.717, 1.165) is 47.8 Å². The van der Waals surface area contributed by atoms with Crippen LogP contribution in [-0.2, 0) is 49.4 Å². The fourth-order valence-corrected chi connectivity index (χ4v) is 11.1. The molecule has 0 spiro atoms. The Morgan fingerprint density at radius 1 is 0.802 bits per heavy atom. The van der Waals surface area contributed by atoms with Crippen molar-refractivity contribution < 1.29 is 62.2 Å². The SMILES string of the molecule is COc1cc(Nc2c(C#N)cnc3cc(OCCCN4CCN(C(=O)CCOCCOCCOCCOCCOCCC(=O)N[C@H](C(=O)N5C[C@H](O)C[C@H]5C(=O)NCc5ccc(-c6scnc6C)cc5)C(C)(C)C)CC4)c(OC)cc23)c(Cl)cc1Cl. The molecular formula is C61H79Cl2N9O13S. The molecule has 2 aromatic heterocycles. The first-order valence-corrected chi connectivity index (χ1v) is 30.4. The molecule has 4 amide bonds. The Bertz CT molecular complexity index is 3080. The summed E-state index contributed by atoms with van der Waals surface area (Å²) in [5.74, 6) is 0.314. The number of benzene rings is 3. The Morgan fingerprint density at radius 2 is 1.44 bits per heavy atom. The Morgan fingerprint density at radius 3 is 2.05 bits per heavy atom. The van der Waals surface area contributed by atoms with E-state index in [-0.39, 0.29) is 56.9 Å². The number of pyridine rings is 1. The van der Waals surface area contributed by atoms with Crippen molar-refractivity contribution in [3.8, 4) is 33.8 Å². The molecular weight excluding hydrogens is 1170 g/mol. The third-order valence-corrected chi connectivity index (χ3v) is 16.1. The molecule has 2 aliphatic heterocycles. The molecule has 466 valence electrons. The van der Waals surface area contributed by atoms with Gasteiger partial charge in [-0.3, -0.25) is 29.1 Å². The highest BCUT2D eigenvalue weighted by Crippen LogP contribution is 2.41. The summed E-state index contributed by atoms with van der Waals surface area (Å²) in [4.78, 5) is 68.8. The molecule has 0 saturated carbocycles. The summed E-state index contributed by atoms with van der Waals surface area (Å²) in [5, 5.41) is 30.9. The first-order valence-electron chi connectivity index (χ1n) is 28.7. The Hall–Kier alpha value is -6.43. The van der Waals surface area contributed by atoms with Gasteiger partial charge in [-0.2, -0.15) is 5.26 Å². The summed E-state index contributed by atoms with van der Waals surface area (Å²) in [6.45, 7) is 14.9. The average molecular weight is 1250 g/mol. The normalized spacial score (nSPS) is 15.8. The van der Waals surface area contributed by atoms with Crippen molar-refractivity contribution in [3.63, 3.8) is 0 Å². The number of amides is 4. The first-order chi connectivity index (χ1) is 41.5. The monoisotopic (exact) mass is 1250 g/mol. The Labute approximate surface area is 516 Å². The zero-order chi connectivity index (χ0) is 61.6. The van der Waals surface area contributed by atoms with Gasteiger partial charge in [0, 0.05) is 82.4 Å². The number of β-amino-alcohol motifs (C(OH)–C–C–N with tert-alkyl or cyclic N) is 1. The summed E-state index contributed by atoms with van der Waals surface area (Å²) < 4.78 is 45.3. The zero-order valence-electron chi connectivity index (χ0n) is 49.8. The molecule has 2 saturated heterocycles. The van der Waals surface area contributed by atoms with E-state index in [1.54, 1.807) is 42.7 Å². The topological polar surface area (TPSA) is 258 Å². The molecule has 0 radical (unpaired) electrons. The summed E-state index contributed by atoms with van der Waals surface area (Å²) in [6.07, 6.45) is 1.78. The second-order valence-corrected chi connectivity index (χ2v) is 23.4. The highest BCUT2D eigenvalue weighted by molar-refractivity contribution is 7.13. The van der Waals surface area contributed by atoms with Crippen LogP contribution in [0.1, 0.15) is 63.3 Å². The fourth-order valence-electron chi connectivity index (χ4n) is 9.78. The molecule has 2 aliphatic rings. The summed E-state index contributed by atoms with van der Waals surface area (Å²) >= 11 is 14.3. The van der Waals surface area contributed by atoms with Gasteiger partial charge in [0.1, 0.15) is 23.9 Å². The number of likely N-dealkylation sites (tertiary alicyclic amines) is 1. The highest BCUT2D eigenvalue weighted by atomic mass is 35.5. The first kappa shape index (κ1) is 67.1. The van der Waals surface area contributed by atoms with E-state index in [2.05, 4.69) is 36.9 Å². The number of hydrogen-bond acceptors (Lipinski definition) is 19. The number of methoxy groups -OCH3 is 2. The number of carbonyl (C=O) groups is 4. The van der Waals surface area contributed by atoms with E-state index in [4.69, 9.17) is 61.1 Å². The number of nitriles is 1. The van der Waals surface area contributed by atoms with Crippen LogP contribution >= 0.6 is 34.5 Å². The number of rotatable bonds is 33. The molecule has 7 rings (SSSR count). The van der Waals surface area contributed by atoms with E-state index in [1.807, 2.05) is 62.4 Å². The van der Waals surface area contributed by atoms with Crippen molar-refractivity contribution in [3.05, 3.63) is 87.1 Å². The lowest BCUT2D eigenvalue weighted by Crippen LogP contribution is -2.57. The highest BCUT2D eigenvalue weighted by Gasteiger charge is 2.44. The molecule has 3 atom stereocenters. The minimum Gasteiger partial charge on any atom is -0.495 e. The average Bonchev–Trinajstić information content (AvgIpc) is 2.56. The van der Waals surface area contributed by atoms with Gasteiger partial charge >= 0.3 is 0 Å². The summed E-state index contributed by atoms with van der Waals surface area (Å²) in [5.41, 5.74) is 5.91. The molecule has 25 heteroatoms. The van der Waals surface area contributed by atoms with Crippen molar-refractivity contribution in [2.45, 2.75) is 78.1 Å². The summed E-state index contributed by atoms with van der Waals surface area (Å²) in [6, 6.07) is 15.0. The number of aromatic nitrogens is 2. The van der Waals surface area contributed by atoms with Gasteiger partial charge in [-0.15, -0.1) is 11.3 Å². The number of ether oxygens (including phenoxy) is 8. The van der Waals surface area contributed by atoms with Crippen LogP contribution in [0.15, 0.2) is 60.2 Å². The number of fused-ring (bicyclic) bond motifs is 1. The lowest BCUT2D eigenvalue weighted by molar-refractivity contribution is -0.144. The standard InChI is InChI=1S/C61H79Cl2N9O13S/c1-40-57(86-39-67-40)42-10-8-41(9-11-42)36-66-59(76)50-30-44(73)38-72(50)60(77)58(61(2,3)4)69-54(74)12-20-80-22-24-82-26-28-84-29-27-83-25-23-81-21-13-55(75)71-17-15-70(16-18-71)14-7-19-85-53-33-48-45(31-52(53)79-6)56(43(35-64)37-65-48)68-49-34-51(78-5)47(63)32-46(49)62/h8-11,31-34,37,39,44,50,58,73H,7,12-30,36,38H2,1-6H3,(H,65,68)(H,66,76)(H,69,74)/t44-,50+,58-/m1/s1. The number of aliphatic hydroxyl groups excluding tert-OH is 1. The van der Waals surface area contributed by atoms with Gasteiger partial charge in [0.2, 0.25) is 23.6 Å². The number of hydrogen-bond donors (Lipinski definition) is 4. The second-order valence-electron chi connectivity index (χ2n) is 21.7. The van der Waals surface area contributed by atoms with Crippen LogP contribution in [0.5, 0.6) is 17.2 Å². The van der Waals surface area contributed by atoms with E-state index in [9.17, 15) is 29.5 Å². The smallest absolute Gasteiger partial charge is 0.246 e. The predicted molar refractivity (Wildman–Crippen MR) is 327 cm³/mol. The van der Waals surface area contributed by atoms with Crippen molar-refractivity contribution in [2.75, 3.05) is 131 Å². The van der Waals surface area contributed by atoms with Crippen LogP contribution in [0.25, 0.3) is 21.3 Å². The Balaban J connectivity index is 0.670. The molecule has 0 unspecified atom stereocenters. The van der Waals surface area contributed by atoms with Crippen LogP contribution in [0.3, 0.4) is 0 Å². The predicted octanol–water partition coefficient (Wildman–Crippen LogP) is 7.19. The van der Waals surface area contributed by atoms with Crippen LogP contribution in [0.4, 0.5) is 11.4 Å². The van der Waals surface area contributed by atoms with Gasteiger partial charge in [0.15, 0.2) is 11.5 Å². The molecule has 2 fully saturated rings. The lowest BCUT2D eigenvalue weighted by atomic mass is 9.85. The van der Waals surface area contributed by atoms with Gasteiger partial charge < -0.3 is 68.8 Å². The Kier molecular flexibility index (Phi) is 26.2. The zero-order valence-corrected chi connectivity index (χ0v) is 52.1. The van der Waals surface area contributed by atoms with Gasteiger partial charge in [-0.1, -0.05) is 68.2 Å². The lowest BCUT2D eigenvalue weighted by Gasteiger charge is -2.35. The van der Waals surface area contributed by atoms with Crippen LogP contribution < -0.4 is 30.2 Å². The maximum atomic E-state index is 14.0. The number of carbonyl (C=O) groups excluding carboxylic acids is 4. The number of aryl methyl sites for hydroxylation is 1. The molecule has 3 aromatic carbocycles.